The van der Waals surface area contributed by atoms with Gasteiger partial charge in [-0.1, -0.05) is 23.7 Å². The zero-order chi connectivity index (χ0) is 20.5. The van der Waals surface area contributed by atoms with Crippen molar-refractivity contribution in [1.82, 2.24) is 5.43 Å². The molecule has 0 unspecified atom stereocenters. The van der Waals surface area contributed by atoms with Crippen LogP contribution in [0.5, 0.6) is 5.75 Å². The average molecular weight is 414 g/mol. The number of nitro benzene ring substituents is 1. The first-order chi connectivity index (χ1) is 14.0. The van der Waals surface area contributed by atoms with Crippen LogP contribution in [0.1, 0.15) is 40.1 Å². The van der Waals surface area contributed by atoms with E-state index in [0.717, 1.165) is 37.0 Å². The van der Waals surface area contributed by atoms with Crippen LogP contribution in [-0.4, -0.2) is 22.2 Å². The smallest absolute Gasteiger partial charge is 0.315 e. The van der Waals surface area contributed by atoms with Gasteiger partial charge in [-0.3, -0.25) is 14.9 Å². The maximum atomic E-state index is 12.3. The van der Waals surface area contributed by atoms with Gasteiger partial charge in [-0.25, -0.2) is 5.43 Å². The van der Waals surface area contributed by atoms with Crippen molar-refractivity contribution in [3.05, 3.63) is 67.9 Å². The Morgan fingerprint density at radius 1 is 1.31 bits per heavy atom. The van der Waals surface area contributed by atoms with Crippen LogP contribution in [0.2, 0.25) is 5.02 Å². The van der Waals surface area contributed by atoms with E-state index < -0.39 is 22.3 Å². The molecule has 0 atom stereocenters. The number of amides is 1. The fourth-order valence-electron chi connectivity index (χ4n) is 3.56. The number of halogens is 1. The van der Waals surface area contributed by atoms with Crippen molar-refractivity contribution in [2.24, 2.45) is 5.10 Å². The molecule has 0 saturated heterocycles. The molecule has 0 spiro atoms. The number of aryl methyl sites for hydroxylation is 2. The molecule has 1 aromatic heterocycles. The first kappa shape index (κ1) is 18.9. The van der Waals surface area contributed by atoms with Crippen molar-refractivity contribution in [3.8, 4) is 5.75 Å². The lowest BCUT2D eigenvalue weighted by molar-refractivity contribution is -0.385. The third-order valence-electron chi connectivity index (χ3n) is 4.91. The predicted molar refractivity (Wildman–Crippen MR) is 108 cm³/mol. The van der Waals surface area contributed by atoms with Crippen molar-refractivity contribution < 1.29 is 19.2 Å². The van der Waals surface area contributed by atoms with E-state index in [1.807, 2.05) is 0 Å². The van der Waals surface area contributed by atoms with Crippen LogP contribution in [0.4, 0.5) is 5.69 Å². The number of carbonyl (C=O) groups is 1. The highest BCUT2D eigenvalue weighted by Crippen LogP contribution is 2.41. The Kier molecular flexibility index (Phi) is 4.94. The number of phenols is 1. The summed E-state index contributed by atoms with van der Waals surface area (Å²) in [4.78, 5) is 22.9. The number of nitrogens with one attached hydrogen (secondary N) is 1. The van der Waals surface area contributed by atoms with Gasteiger partial charge in [0.15, 0.2) is 0 Å². The van der Waals surface area contributed by atoms with Gasteiger partial charge in [0, 0.05) is 17.4 Å². The maximum Gasteiger partial charge on any atom is 0.315 e. The molecule has 148 valence electrons. The quantitative estimate of drug-likeness (QED) is 0.374. The number of carbonyl (C=O) groups excluding carboxylic acids is 1. The van der Waals surface area contributed by atoms with Crippen LogP contribution < -0.4 is 5.43 Å². The summed E-state index contributed by atoms with van der Waals surface area (Å²) in [6.07, 6.45) is 4.60. The van der Waals surface area contributed by atoms with E-state index in [1.165, 1.54) is 12.3 Å². The Morgan fingerprint density at radius 3 is 2.83 bits per heavy atom. The number of phenolic OH excluding ortho intramolecular Hbond substituents is 1. The monoisotopic (exact) mass is 413 g/mol. The van der Waals surface area contributed by atoms with E-state index in [-0.39, 0.29) is 16.1 Å². The van der Waals surface area contributed by atoms with Gasteiger partial charge in [0.2, 0.25) is 5.75 Å². The summed E-state index contributed by atoms with van der Waals surface area (Å²) in [6.45, 7) is 0. The fraction of sp³-hybridized carbons (Fsp3) is 0.200. The summed E-state index contributed by atoms with van der Waals surface area (Å²) in [5, 5.41) is 26.6. The lowest BCUT2D eigenvalue weighted by Crippen LogP contribution is -2.18. The molecule has 2 N–H and O–H groups in total. The maximum absolute atomic E-state index is 12.3. The average Bonchev–Trinajstić information content (AvgIpc) is 3.07. The first-order valence-electron chi connectivity index (χ1n) is 9.00. The molecule has 1 aliphatic carbocycles. The molecule has 29 heavy (non-hydrogen) atoms. The molecule has 2 aromatic carbocycles. The van der Waals surface area contributed by atoms with E-state index in [1.54, 1.807) is 24.3 Å². The van der Waals surface area contributed by atoms with Crippen molar-refractivity contribution in [2.45, 2.75) is 25.7 Å². The Morgan fingerprint density at radius 2 is 2.07 bits per heavy atom. The lowest BCUT2D eigenvalue weighted by atomic mass is 9.93. The summed E-state index contributed by atoms with van der Waals surface area (Å²) >= 11 is 6.00. The highest BCUT2D eigenvalue weighted by atomic mass is 35.5. The molecule has 0 radical (unpaired) electrons. The largest absolute Gasteiger partial charge is 0.502 e. The van der Waals surface area contributed by atoms with Crippen LogP contribution >= 0.6 is 11.6 Å². The zero-order valence-electron chi connectivity index (χ0n) is 15.1. The zero-order valence-corrected chi connectivity index (χ0v) is 15.9. The second-order valence-corrected chi connectivity index (χ2v) is 7.09. The van der Waals surface area contributed by atoms with Crippen LogP contribution in [-0.2, 0) is 12.8 Å². The number of nitro groups is 1. The van der Waals surface area contributed by atoms with Crippen molar-refractivity contribution in [2.75, 3.05) is 0 Å². The Hall–Kier alpha value is -3.39. The second kappa shape index (κ2) is 7.56. The van der Waals surface area contributed by atoms with E-state index in [2.05, 4.69) is 10.5 Å². The third-order valence-corrected chi connectivity index (χ3v) is 5.24. The molecular weight excluding hydrogens is 398 g/mol. The standard InChI is InChI=1S/C20H16ClN3O5/c21-14-7-3-1-5-11(14)20(26)23-22-10-13-18-12-6-2-4-8-16(12)29-17(18)9-15(19(13)25)24(27)28/h1,3,5,7,9-10,25H,2,4,6,8H2,(H,23,26)/b22-10-. The van der Waals surface area contributed by atoms with Gasteiger partial charge in [-0.15, -0.1) is 0 Å². The molecule has 4 rings (SSSR count). The number of hydrogen-bond donors (Lipinski definition) is 2. The third kappa shape index (κ3) is 3.42. The van der Waals surface area contributed by atoms with Gasteiger partial charge in [-0.05, 0) is 31.4 Å². The molecule has 0 aliphatic heterocycles. The summed E-state index contributed by atoms with van der Waals surface area (Å²) in [5.74, 6) is -0.296. The highest BCUT2D eigenvalue weighted by Gasteiger charge is 2.27. The van der Waals surface area contributed by atoms with Crippen LogP contribution in [0.15, 0.2) is 39.9 Å². The number of furan rings is 1. The summed E-state index contributed by atoms with van der Waals surface area (Å²) in [6, 6.07) is 7.71. The second-order valence-electron chi connectivity index (χ2n) is 6.68. The van der Waals surface area contributed by atoms with Crippen molar-refractivity contribution in [1.29, 1.82) is 0 Å². The van der Waals surface area contributed by atoms with E-state index >= 15 is 0 Å². The van der Waals surface area contributed by atoms with Crippen molar-refractivity contribution >= 4 is 40.4 Å². The van der Waals surface area contributed by atoms with Crippen LogP contribution in [0, 0.1) is 10.1 Å². The molecule has 8 nitrogen and oxygen atoms in total. The molecule has 1 heterocycles. The highest BCUT2D eigenvalue weighted by molar-refractivity contribution is 6.33. The van der Waals surface area contributed by atoms with Gasteiger partial charge in [0.05, 0.1) is 33.4 Å². The van der Waals surface area contributed by atoms with Crippen LogP contribution in [0.3, 0.4) is 0 Å². The summed E-state index contributed by atoms with van der Waals surface area (Å²) < 4.78 is 5.81. The van der Waals surface area contributed by atoms with E-state index in [4.69, 9.17) is 16.0 Å². The minimum Gasteiger partial charge on any atom is -0.502 e. The summed E-state index contributed by atoms with van der Waals surface area (Å²) in [7, 11) is 0. The van der Waals surface area contributed by atoms with Gasteiger partial charge < -0.3 is 9.52 Å². The molecular formula is C20H16ClN3O5. The molecule has 1 amide bonds. The lowest BCUT2D eigenvalue weighted by Gasteiger charge is -2.10. The SMILES string of the molecule is O=C(N/N=C\c1c(O)c([N+](=O)[O-])cc2oc3c(c12)CCCC3)c1ccccc1Cl. The Bertz CT molecular complexity index is 1170. The number of hydrogen-bond acceptors (Lipinski definition) is 6. The molecule has 0 fully saturated rings. The van der Waals surface area contributed by atoms with Gasteiger partial charge in [-0.2, -0.15) is 5.10 Å². The van der Waals surface area contributed by atoms with Gasteiger partial charge in [0.1, 0.15) is 11.3 Å². The Balaban J connectivity index is 1.75. The number of hydrazone groups is 1. The molecule has 1 aliphatic rings. The molecule has 3 aromatic rings. The molecule has 0 saturated carbocycles. The molecule has 9 heteroatoms. The number of nitrogens with zero attached hydrogens (tertiary/aromatic N) is 2. The summed E-state index contributed by atoms with van der Waals surface area (Å²) in [5.41, 5.74) is 3.46. The number of aromatic hydroxyl groups is 1. The Labute approximate surface area is 169 Å². The fourth-order valence-corrected chi connectivity index (χ4v) is 3.78. The minimum atomic E-state index is -0.685. The number of fused-ring (bicyclic) bond motifs is 3. The minimum absolute atomic E-state index is 0.139. The first-order valence-corrected chi connectivity index (χ1v) is 9.37. The van der Waals surface area contributed by atoms with Crippen molar-refractivity contribution in [3.63, 3.8) is 0 Å². The van der Waals surface area contributed by atoms with E-state index in [0.29, 0.717) is 11.0 Å². The van der Waals surface area contributed by atoms with Crippen LogP contribution in [0.25, 0.3) is 11.0 Å². The number of benzene rings is 2. The van der Waals surface area contributed by atoms with Gasteiger partial charge >= 0.3 is 5.69 Å². The van der Waals surface area contributed by atoms with E-state index in [9.17, 15) is 20.0 Å². The number of rotatable bonds is 4. The normalized spacial score (nSPS) is 13.6. The topological polar surface area (TPSA) is 118 Å². The molecule has 0 bridgehead atoms. The van der Waals surface area contributed by atoms with Gasteiger partial charge in [0.25, 0.3) is 5.91 Å². The predicted octanol–water partition coefficient (Wildman–Crippen LogP) is 4.34.